The molecule has 0 spiro atoms. The van der Waals surface area contributed by atoms with Crippen molar-refractivity contribution in [3.63, 3.8) is 0 Å². The normalized spacial score (nSPS) is 12.5. The molecule has 4 nitrogen and oxygen atoms in total. The van der Waals surface area contributed by atoms with E-state index in [1.165, 1.54) is 0 Å². The monoisotopic (exact) mass is 287 g/mol. The molecule has 1 unspecified atom stereocenters. The van der Waals surface area contributed by atoms with Crippen LogP contribution in [0.15, 0.2) is 6.07 Å². The fourth-order valence-corrected chi connectivity index (χ4v) is 1.82. The molecule has 0 bridgehead atoms. The smallest absolute Gasteiger partial charge is 0.269 e. The first-order chi connectivity index (χ1) is 7.50. The summed E-state index contributed by atoms with van der Waals surface area (Å²) in [6, 6.07) is 1.79. The average molecular weight is 288 g/mol. The molecule has 0 aliphatic heterocycles. The van der Waals surface area contributed by atoms with Gasteiger partial charge < -0.3 is 5.32 Å². The van der Waals surface area contributed by atoms with Crippen LogP contribution in [-0.2, 0) is 7.05 Å². The van der Waals surface area contributed by atoms with E-state index in [9.17, 15) is 4.79 Å². The third-order valence-corrected chi connectivity index (χ3v) is 2.76. The number of amides is 1. The second-order valence-corrected chi connectivity index (χ2v) is 5.54. The third-order valence-electron chi connectivity index (χ3n) is 2.30. The van der Waals surface area contributed by atoms with E-state index in [2.05, 4.69) is 33.3 Å². The minimum Gasteiger partial charge on any atom is -0.351 e. The summed E-state index contributed by atoms with van der Waals surface area (Å²) < 4.78 is 1.61. The summed E-state index contributed by atoms with van der Waals surface area (Å²) >= 11 is 3.47. The Labute approximate surface area is 105 Å². The second-order valence-electron chi connectivity index (χ2n) is 3.97. The van der Waals surface area contributed by atoms with E-state index in [-0.39, 0.29) is 5.91 Å². The molecule has 0 radical (unpaired) electrons. The van der Waals surface area contributed by atoms with Crippen molar-refractivity contribution < 1.29 is 4.79 Å². The van der Waals surface area contributed by atoms with Gasteiger partial charge in [-0.25, -0.2) is 0 Å². The summed E-state index contributed by atoms with van der Waals surface area (Å²) in [5.74, 6) is -0.0506. The van der Waals surface area contributed by atoms with E-state index < -0.39 is 0 Å². The highest BCUT2D eigenvalue weighted by molar-refractivity contribution is 9.09. The van der Waals surface area contributed by atoms with Gasteiger partial charge >= 0.3 is 0 Å². The van der Waals surface area contributed by atoms with Crippen molar-refractivity contribution in [1.82, 2.24) is 15.1 Å². The number of aromatic nitrogens is 2. The number of nitrogens with zero attached hydrogens (tertiary/aromatic N) is 2. The molecule has 1 atom stereocenters. The van der Waals surface area contributed by atoms with Crippen LogP contribution in [-0.4, -0.2) is 27.1 Å². The molecule has 1 aromatic rings. The quantitative estimate of drug-likeness (QED) is 0.665. The van der Waals surface area contributed by atoms with Gasteiger partial charge in [0.15, 0.2) is 0 Å². The van der Waals surface area contributed by atoms with Crippen molar-refractivity contribution in [3.05, 3.63) is 17.5 Å². The maximum Gasteiger partial charge on any atom is 0.269 e. The largest absolute Gasteiger partial charge is 0.351 e. The van der Waals surface area contributed by atoms with Gasteiger partial charge in [-0.05, 0) is 25.8 Å². The molecule has 90 valence electrons. The van der Waals surface area contributed by atoms with Crippen LogP contribution >= 0.6 is 15.9 Å². The lowest BCUT2D eigenvalue weighted by atomic mass is 10.2. The first-order valence-corrected chi connectivity index (χ1v) is 6.35. The van der Waals surface area contributed by atoms with Crippen LogP contribution in [0.25, 0.3) is 0 Å². The Morgan fingerprint density at radius 1 is 1.69 bits per heavy atom. The lowest BCUT2D eigenvalue weighted by Gasteiger charge is -2.06. The topological polar surface area (TPSA) is 46.9 Å². The van der Waals surface area contributed by atoms with Crippen LogP contribution in [0.3, 0.4) is 0 Å². The number of halogens is 1. The average Bonchev–Trinajstić information content (AvgIpc) is 2.52. The Morgan fingerprint density at radius 2 is 2.38 bits per heavy atom. The second kappa shape index (κ2) is 6.03. The summed E-state index contributed by atoms with van der Waals surface area (Å²) in [4.78, 5) is 12.2. The van der Waals surface area contributed by atoms with Crippen LogP contribution < -0.4 is 5.32 Å². The van der Waals surface area contributed by atoms with Crippen molar-refractivity contribution in [2.24, 2.45) is 7.05 Å². The molecule has 1 N–H and O–H groups in total. The van der Waals surface area contributed by atoms with E-state index in [1.54, 1.807) is 17.8 Å². The zero-order chi connectivity index (χ0) is 12.1. The van der Waals surface area contributed by atoms with Crippen LogP contribution in [0.5, 0.6) is 0 Å². The minimum atomic E-state index is -0.0506. The van der Waals surface area contributed by atoms with Crippen molar-refractivity contribution in [2.45, 2.75) is 31.5 Å². The van der Waals surface area contributed by atoms with E-state index in [1.807, 2.05) is 6.92 Å². The Balaban J connectivity index is 2.38. The fourth-order valence-electron chi connectivity index (χ4n) is 1.50. The van der Waals surface area contributed by atoms with Crippen molar-refractivity contribution in [2.75, 3.05) is 6.54 Å². The number of hydrogen-bond donors (Lipinski definition) is 1. The highest BCUT2D eigenvalue weighted by Crippen LogP contribution is 2.06. The van der Waals surface area contributed by atoms with Gasteiger partial charge in [0.25, 0.3) is 5.91 Å². The van der Waals surface area contributed by atoms with Gasteiger partial charge in [0, 0.05) is 18.4 Å². The number of alkyl halides is 1. The highest BCUT2D eigenvalue weighted by Gasteiger charge is 2.10. The van der Waals surface area contributed by atoms with Crippen LogP contribution in [0.4, 0.5) is 0 Å². The summed E-state index contributed by atoms with van der Waals surface area (Å²) in [6.07, 6.45) is 2.04. The molecule has 0 saturated carbocycles. The summed E-state index contributed by atoms with van der Waals surface area (Å²) in [7, 11) is 1.78. The maximum atomic E-state index is 11.7. The van der Waals surface area contributed by atoms with Gasteiger partial charge in [-0.1, -0.05) is 22.9 Å². The number of nitrogens with one attached hydrogen (secondary N) is 1. The molecular formula is C11H18BrN3O. The van der Waals surface area contributed by atoms with Gasteiger partial charge in [-0.15, -0.1) is 0 Å². The van der Waals surface area contributed by atoms with Crippen LogP contribution in [0.1, 0.15) is 35.9 Å². The molecule has 1 heterocycles. The predicted molar refractivity (Wildman–Crippen MR) is 67.9 cm³/mol. The number of hydrogen-bond acceptors (Lipinski definition) is 2. The van der Waals surface area contributed by atoms with Gasteiger partial charge in [0.1, 0.15) is 5.69 Å². The summed E-state index contributed by atoms with van der Waals surface area (Å²) in [5.41, 5.74) is 1.48. The molecule has 1 rings (SSSR count). The SMILES string of the molecule is Cc1cc(C(=O)NCCCC(C)Br)n(C)n1. The van der Waals surface area contributed by atoms with E-state index in [4.69, 9.17) is 0 Å². The van der Waals surface area contributed by atoms with Crippen molar-refractivity contribution in [3.8, 4) is 0 Å². The van der Waals surface area contributed by atoms with Gasteiger partial charge in [-0.2, -0.15) is 5.10 Å². The maximum absolute atomic E-state index is 11.7. The molecule has 0 fully saturated rings. The van der Waals surface area contributed by atoms with E-state index in [0.717, 1.165) is 18.5 Å². The third kappa shape index (κ3) is 3.96. The van der Waals surface area contributed by atoms with Crippen molar-refractivity contribution >= 4 is 21.8 Å². The first kappa shape index (κ1) is 13.2. The van der Waals surface area contributed by atoms with Gasteiger partial charge in [-0.3, -0.25) is 9.48 Å². The number of carbonyl (C=O) groups excluding carboxylic acids is 1. The highest BCUT2D eigenvalue weighted by atomic mass is 79.9. The molecule has 0 saturated heterocycles. The lowest BCUT2D eigenvalue weighted by molar-refractivity contribution is 0.0943. The molecule has 0 aliphatic carbocycles. The minimum absolute atomic E-state index is 0.0506. The molecule has 16 heavy (non-hydrogen) atoms. The molecule has 1 amide bonds. The number of rotatable bonds is 5. The van der Waals surface area contributed by atoms with Gasteiger partial charge in [0.05, 0.1) is 5.69 Å². The fraction of sp³-hybridized carbons (Fsp3) is 0.636. The van der Waals surface area contributed by atoms with Crippen molar-refractivity contribution in [1.29, 1.82) is 0 Å². The zero-order valence-electron chi connectivity index (χ0n) is 9.96. The Kier molecular flexibility index (Phi) is 4.99. The van der Waals surface area contributed by atoms with E-state index >= 15 is 0 Å². The molecular weight excluding hydrogens is 270 g/mol. The van der Waals surface area contributed by atoms with Crippen LogP contribution in [0.2, 0.25) is 0 Å². The predicted octanol–water partition coefficient (Wildman–Crippen LogP) is 2.02. The van der Waals surface area contributed by atoms with Crippen LogP contribution in [0, 0.1) is 6.92 Å². The molecule has 5 heteroatoms. The molecule has 0 aliphatic rings. The summed E-state index contributed by atoms with van der Waals surface area (Å²) in [5, 5.41) is 7.02. The zero-order valence-corrected chi connectivity index (χ0v) is 11.5. The Hall–Kier alpha value is -0.840. The summed E-state index contributed by atoms with van der Waals surface area (Å²) in [6.45, 7) is 4.69. The lowest BCUT2D eigenvalue weighted by Crippen LogP contribution is -2.26. The molecule has 1 aromatic heterocycles. The standard InChI is InChI=1S/C11H18BrN3O/c1-8(12)5-4-6-13-11(16)10-7-9(2)14-15(10)3/h7-8H,4-6H2,1-3H3,(H,13,16). The Bertz CT molecular complexity index is 360. The van der Waals surface area contributed by atoms with E-state index in [0.29, 0.717) is 17.1 Å². The first-order valence-electron chi connectivity index (χ1n) is 5.43. The number of carbonyl (C=O) groups is 1. The molecule has 0 aromatic carbocycles. The number of aryl methyl sites for hydroxylation is 2. The van der Waals surface area contributed by atoms with Gasteiger partial charge in [0.2, 0.25) is 0 Å². The Morgan fingerprint density at radius 3 is 2.88 bits per heavy atom.